The lowest BCUT2D eigenvalue weighted by Gasteiger charge is -2.15. The Hall–Kier alpha value is -2.66. The Morgan fingerprint density at radius 2 is 2.00 bits per heavy atom. The zero-order valence-electron chi connectivity index (χ0n) is 13.1. The van der Waals surface area contributed by atoms with Gasteiger partial charge in [-0.3, -0.25) is 4.79 Å². The highest BCUT2D eigenvalue weighted by molar-refractivity contribution is 5.98. The van der Waals surface area contributed by atoms with Crippen molar-refractivity contribution in [3.05, 3.63) is 71.3 Å². The maximum atomic E-state index is 12.7. The molecule has 3 rings (SSSR count). The molecule has 1 heterocycles. The van der Waals surface area contributed by atoms with Crippen LogP contribution in [0.1, 0.15) is 27.5 Å². The summed E-state index contributed by atoms with van der Waals surface area (Å²) in [5, 5.41) is 12.3. The van der Waals surface area contributed by atoms with Crippen molar-refractivity contribution in [2.24, 2.45) is 5.92 Å². The fourth-order valence-electron chi connectivity index (χ4n) is 2.85. The third-order valence-corrected chi connectivity index (χ3v) is 4.16. The van der Waals surface area contributed by atoms with Crippen molar-refractivity contribution in [3.8, 4) is 0 Å². The Morgan fingerprint density at radius 1 is 1.21 bits per heavy atom. The molecule has 0 spiro atoms. The number of rotatable bonds is 6. The Balaban J connectivity index is 1.77. The molecule has 0 radical (unpaired) electrons. The summed E-state index contributed by atoms with van der Waals surface area (Å²) in [6.45, 7) is 0.0468. The van der Waals surface area contributed by atoms with Gasteiger partial charge in [0, 0.05) is 11.5 Å². The van der Waals surface area contributed by atoms with Gasteiger partial charge in [-0.05, 0) is 23.6 Å². The highest BCUT2D eigenvalue weighted by Gasteiger charge is 2.25. The summed E-state index contributed by atoms with van der Waals surface area (Å²) in [5.41, 5.74) is 2.37. The van der Waals surface area contributed by atoms with Gasteiger partial charge < -0.3 is 15.2 Å². The number of carbonyl (C=O) groups is 2. The van der Waals surface area contributed by atoms with E-state index < -0.39 is 12.0 Å². The first-order chi connectivity index (χ1) is 11.7. The maximum Gasteiger partial charge on any atom is 0.407 e. The molecule has 2 atom stereocenters. The number of cyclic esters (lactones) is 1. The zero-order chi connectivity index (χ0) is 16.9. The second kappa shape index (κ2) is 7.27. The Kier molecular flexibility index (Phi) is 4.91. The molecule has 0 aromatic heterocycles. The van der Waals surface area contributed by atoms with Gasteiger partial charge in [0.05, 0.1) is 12.6 Å². The number of ketones is 1. The summed E-state index contributed by atoms with van der Waals surface area (Å²) in [6, 6.07) is 16.5. The summed E-state index contributed by atoms with van der Waals surface area (Å²) in [7, 11) is 0. The van der Waals surface area contributed by atoms with Crippen LogP contribution in [0, 0.1) is 5.92 Å². The van der Waals surface area contributed by atoms with Crippen LogP contribution in [0.4, 0.5) is 4.79 Å². The molecule has 1 fully saturated rings. The van der Waals surface area contributed by atoms with Crippen molar-refractivity contribution < 1.29 is 19.4 Å². The molecule has 2 N–H and O–H groups in total. The minimum absolute atomic E-state index is 0.103. The SMILES string of the molecule is O=C1NC(c2cccc(C(=O)C(CO)Cc3ccccc3)c2)CO1. The number of nitrogens with one attached hydrogen (secondary N) is 1. The van der Waals surface area contributed by atoms with Crippen molar-refractivity contribution in [3.63, 3.8) is 0 Å². The number of aliphatic hydroxyl groups is 1. The molecular weight excluding hydrogens is 306 g/mol. The number of ether oxygens (including phenoxy) is 1. The first-order valence-electron chi connectivity index (χ1n) is 7.89. The van der Waals surface area contributed by atoms with Gasteiger partial charge in [-0.25, -0.2) is 4.79 Å². The third-order valence-electron chi connectivity index (χ3n) is 4.16. The van der Waals surface area contributed by atoms with E-state index in [1.54, 1.807) is 18.2 Å². The van der Waals surface area contributed by atoms with Crippen LogP contribution < -0.4 is 5.32 Å². The smallest absolute Gasteiger partial charge is 0.407 e. The number of hydrogen-bond donors (Lipinski definition) is 2. The van der Waals surface area contributed by atoms with E-state index in [-0.39, 0.29) is 25.0 Å². The number of hydrogen-bond acceptors (Lipinski definition) is 4. The van der Waals surface area contributed by atoms with Crippen molar-refractivity contribution in [1.29, 1.82) is 0 Å². The third kappa shape index (κ3) is 3.63. The summed E-state index contributed by atoms with van der Waals surface area (Å²) in [5.74, 6) is -0.592. The molecule has 0 saturated carbocycles. The molecule has 124 valence electrons. The standard InChI is InChI=1S/C19H19NO4/c21-11-16(9-13-5-2-1-3-6-13)18(22)15-8-4-7-14(10-15)17-12-24-19(23)20-17/h1-8,10,16-17,21H,9,11-12H2,(H,20,23). The molecule has 5 heteroatoms. The lowest BCUT2D eigenvalue weighted by molar-refractivity contribution is 0.0860. The number of amides is 1. The van der Waals surface area contributed by atoms with E-state index in [4.69, 9.17) is 4.74 Å². The monoisotopic (exact) mass is 325 g/mol. The average molecular weight is 325 g/mol. The number of alkyl carbamates (subject to hydrolysis) is 1. The number of aliphatic hydroxyl groups excluding tert-OH is 1. The largest absolute Gasteiger partial charge is 0.447 e. The van der Waals surface area contributed by atoms with E-state index in [2.05, 4.69) is 5.32 Å². The quantitative estimate of drug-likeness (QED) is 0.800. The van der Waals surface area contributed by atoms with E-state index in [0.717, 1.165) is 11.1 Å². The van der Waals surface area contributed by atoms with Crippen LogP contribution in [-0.4, -0.2) is 30.2 Å². The molecule has 0 bridgehead atoms. The average Bonchev–Trinajstić information content (AvgIpc) is 3.06. The molecule has 1 saturated heterocycles. The molecule has 0 aliphatic carbocycles. The van der Waals surface area contributed by atoms with E-state index in [1.165, 1.54) is 0 Å². The molecule has 2 aromatic carbocycles. The van der Waals surface area contributed by atoms with Crippen molar-refractivity contribution >= 4 is 11.9 Å². The normalized spacial score (nSPS) is 17.9. The first kappa shape index (κ1) is 16.2. The highest BCUT2D eigenvalue weighted by Crippen LogP contribution is 2.21. The van der Waals surface area contributed by atoms with Gasteiger partial charge in [-0.2, -0.15) is 0 Å². The highest BCUT2D eigenvalue weighted by atomic mass is 16.6. The fraction of sp³-hybridized carbons (Fsp3) is 0.263. The van der Waals surface area contributed by atoms with Crippen LogP contribution in [0.15, 0.2) is 54.6 Å². The predicted molar refractivity (Wildman–Crippen MR) is 88.7 cm³/mol. The van der Waals surface area contributed by atoms with Crippen LogP contribution >= 0.6 is 0 Å². The molecule has 2 unspecified atom stereocenters. The lowest BCUT2D eigenvalue weighted by atomic mass is 9.90. The van der Waals surface area contributed by atoms with Crippen molar-refractivity contribution in [1.82, 2.24) is 5.32 Å². The van der Waals surface area contributed by atoms with E-state index in [0.29, 0.717) is 12.0 Å². The Bertz CT molecular complexity index is 729. The minimum Gasteiger partial charge on any atom is -0.447 e. The molecule has 2 aromatic rings. The Morgan fingerprint density at radius 3 is 2.67 bits per heavy atom. The summed E-state index contributed by atoms with van der Waals surface area (Å²) >= 11 is 0. The molecule has 1 aliphatic heterocycles. The van der Waals surface area contributed by atoms with Crippen molar-refractivity contribution in [2.45, 2.75) is 12.5 Å². The fourth-order valence-corrected chi connectivity index (χ4v) is 2.85. The first-order valence-corrected chi connectivity index (χ1v) is 7.89. The molecular formula is C19H19NO4. The number of carbonyl (C=O) groups excluding carboxylic acids is 2. The summed E-state index contributed by atoms with van der Waals surface area (Å²) in [6.07, 6.45) is 0.0398. The number of benzene rings is 2. The summed E-state index contributed by atoms with van der Waals surface area (Å²) in [4.78, 5) is 23.9. The van der Waals surface area contributed by atoms with Gasteiger partial charge in [-0.15, -0.1) is 0 Å². The van der Waals surface area contributed by atoms with Crippen LogP contribution in [-0.2, 0) is 11.2 Å². The molecule has 1 aliphatic rings. The zero-order valence-corrected chi connectivity index (χ0v) is 13.1. The van der Waals surface area contributed by atoms with Gasteiger partial charge in [-0.1, -0.05) is 48.5 Å². The second-order valence-electron chi connectivity index (χ2n) is 5.85. The van der Waals surface area contributed by atoms with Gasteiger partial charge in [0.15, 0.2) is 5.78 Å². The summed E-state index contributed by atoms with van der Waals surface area (Å²) < 4.78 is 4.89. The van der Waals surface area contributed by atoms with E-state index in [1.807, 2.05) is 36.4 Å². The van der Waals surface area contributed by atoms with Gasteiger partial charge in [0.1, 0.15) is 6.61 Å². The van der Waals surface area contributed by atoms with Crippen LogP contribution in [0.5, 0.6) is 0 Å². The van der Waals surface area contributed by atoms with Crippen molar-refractivity contribution in [2.75, 3.05) is 13.2 Å². The minimum atomic E-state index is -0.489. The van der Waals surface area contributed by atoms with Gasteiger partial charge in [0.2, 0.25) is 0 Å². The topological polar surface area (TPSA) is 75.6 Å². The molecule has 1 amide bonds. The predicted octanol–water partition coefficient (Wildman–Crippen LogP) is 2.50. The second-order valence-corrected chi connectivity index (χ2v) is 5.85. The van der Waals surface area contributed by atoms with E-state index >= 15 is 0 Å². The van der Waals surface area contributed by atoms with Crippen LogP contribution in [0.3, 0.4) is 0 Å². The Labute approximate surface area is 140 Å². The molecule has 5 nitrogen and oxygen atoms in total. The van der Waals surface area contributed by atoms with E-state index in [9.17, 15) is 14.7 Å². The van der Waals surface area contributed by atoms with Crippen LogP contribution in [0.25, 0.3) is 0 Å². The number of Topliss-reactive ketones (excluding diaryl/α,β-unsaturated/α-hetero) is 1. The van der Waals surface area contributed by atoms with Crippen LogP contribution in [0.2, 0.25) is 0 Å². The van der Waals surface area contributed by atoms with Gasteiger partial charge >= 0.3 is 6.09 Å². The molecule has 24 heavy (non-hydrogen) atoms. The van der Waals surface area contributed by atoms with Gasteiger partial charge in [0.25, 0.3) is 0 Å². The maximum absolute atomic E-state index is 12.7. The lowest BCUT2D eigenvalue weighted by Crippen LogP contribution is -2.22.